The molecule has 4 aromatic rings. The molecule has 38 heavy (non-hydrogen) atoms. The molecule has 0 fully saturated rings. The second-order valence-electron chi connectivity index (χ2n) is 9.71. The second kappa shape index (κ2) is 10.4. The quantitative estimate of drug-likeness (QED) is 0.186. The molecule has 0 saturated heterocycles. The van der Waals surface area contributed by atoms with Crippen LogP contribution in [0.15, 0.2) is 71.3 Å². The number of aryl methyl sites for hydroxylation is 6. The number of carbonyl (C=O) groups is 2. The largest absolute Gasteiger partial charge is 0.478 e. The summed E-state index contributed by atoms with van der Waals surface area (Å²) in [6.45, 7) is 13.8. The molecule has 1 heterocycles. The Morgan fingerprint density at radius 1 is 0.842 bits per heavy atom. The number of nitrogens with zero attached hydrogens (tertiary/aromatic N) is 5. The van der Waals surface area contributed by atoms with Gasteiger partial charge >= 0.3 is 11.9 Å². The van der Waals surface area contributed by atoms with Crippen molar-refractivity contribution >= 4 is 23.5 Å². The minimum atomic E-state index is -1.04. The monoisotopic (exact) mass is 510 g/mol. The first kappa shape index (κ1) is 26.5. The van der Waals surface area contributed by atoms with Gasteiger partial charge in [-0.3, -0.25) is 4.79 Å². The van der Waals surface area contributed by atoms with Crippen molar-refractivity contribution in [3.05, 3.63) is 99.9 Å². The first-order chi connectivity index (χ1) is 18.0. The predicted molar refractivity (Wildman–Crippen MR) is 147 cm³/mol. The fourth-order valence-corrected chi connectivity index (χ4v) is 5.06. The standard InChI is InChI=1S/C30H31N5O3/c1-18-14-20(3)27(21(4)15-18)33-12-13-34(28-22(5)16-19(2)17-23(28)6)30(33)31-32-35(24(7)36)26-10-8-25(9-11-26)29(37)38/h8-17H,1-7H3/p+1. The van der Waals surface area contributed by atoms with Gasteiger partial charge in [0.15, 0.2) is 0 Å². The van der Waals surface area contributed by atoms with E-state index in [0.29, 0.717) is 11.6 Å². The number of imidazole rings is 1. The van der Waals surface area contributed by atoms with Crippen molar-refractivity contribution in [1.29, 1.82) is 0 Å². The number of hydrogen-bond acceptors (Lipinski definition) is 4. The number of carbonyl (C=O) groups excluding carboxylic acids is 1. The van der Waals surface area contributed by atoms with Crippen molar-refractivity contribution < 1.29 is 19.3 Å². The Morgan fingerprint density at radius 2 is 1.37 bits per heavy atom. The first-order valence-corrected chi connectivity index (χ1v) is 12.3. The zero-order valence-electron chi connectivity index (χ0n) is 22.8. The van der Waals surface area contributed by atoms with Crippen molar-refractivity contribution in [2.45, 2.75) is 48.5 Å². The van der Waals surface area contributed by atoms with Gasteiger partial charge in [-0.1, -0.05) is 35.4 Å². The van der Waals surface area contributed by atoms with E-state index in [1.54, 1.807) is 12.1 Å². The zero-order valence-corrected chi connectivity index (χ0v) is 22.8. The van der Waals surface area contributed by atoms with Gasteiger partial charge in [0.1, 0.15) is 23.8 Å². The molecular weight excluding hydrogens is 478 g/mol. The number of rotatable bonds is 6. The molecule has 0 atom stereocenters. The van der Waals surface area contributed by atoms with Gasteiger partial charge in [0.2, 0.25) is 5.91 Å². The molecule has 1 aromatic heterocycles. The summed E-state index contributed by atoms with van der Waals surface area (Å²) in [5.74, 6) is -0.880. The van der Waals surface area contributed by atoms with Crippen molar-refractivity contribution in [1.82, 2.24) is 4.57 Å². The van der Waals surface area contributed by atoms with E-state index in [4.69, 9.17) is 0 Å². The molecular formula is C30H32N5O3+. The molecule has 1 amide bonds. The van der Waals surface area contributed by atoms with Gasteiger partial charge in [-0.15, -0.1) is 0 Å². The molecule has 194 valence electrons. The Hall–Kier alpha value is -4.59. The summed E-state index contributed by atoms with van der Waals surface area (Å²) in [4.78, 5) is 23.8. The lowest BCUT2D eigenvalue weighted by Gasteiger charge is -2.13. The summed E-state index contributed by atoms with van der Waals surface area (Å²) in [6, 6.07) is 14.5. The Labute approximate surface area is 222 Å². The number of aromatic nitrogens is 2. The SMILES string of the molecule is CC(=O)N(N=Nc1n(-c2c(C)cc(C)cc2C)cc[n+]1-c1c(C)cc(C)cc1C)c1ccc(C(=O)O)cc1. The molecule has 0 aliphatic heterocycles. The maximum absolute atomic E-state index is 12.6. The zero-order chi connectivity index (χ0) is 27.7. The Kier molecular flexibility index (Phi) is 7.26. The Morgan fingerprint density at radius 3 is 1.87 bits per heavy atom. The van der Waals surface area contributed by atoms with Gasteiger partial charge in [0, 0.05) is 12.1 Å². The van der Waals surface area contributed by atoms with E-state index in [1.807, 2.05) is 21.5 Å². The number of carboxylic acids is 1. The lowest BCUT2D eigenvalue weighted by atomic mass is 10.0. The third kappa shape index (κ3) is 5.11. The molecule has 1 N–H and O–H groups in total. The molecule has 0 unspecified atom stereocenters. The highest BCUT2D eigenvalue weighted by Gasteiger charge is 2.26. The highest BCUT2D eigenvalue weighted by molar-refractivity contribution is 5.92. The average Bonchev–Trinajstić information content (AvgIpc) is 3.21. The minimum Gasteiger partial charge on any atom is -0.478 e. The summed E-state index contributed by atoms with van der Waals surface area (Å²) in [5, 5.41) is 19.4. The molecule has 8 nitrogen and oxygen atoms in total. The van der Waals surface area contributed by atoms with E-state index in [2.05, 4.69) is 76.1 Å². The number of benzene rings is 3. The highest BCUT2D eigenvalue weighted by atomic mass is 16.4. The predicted octanol–water partition coefficient (Wildman–Crippen LogP) is 6.35. The smallest absolute Gasteiger partial charge is 0.433 e. The third-order valence-corrected chi connectivity index (χ3v) is 6.43. The lowest BCUT2D eigenvalue weighted by molar-refractivity contribution is -0.581. The maximum atomic E-state index is 12.6. The maximum Gasteiger partial charge on any atom is 0.433 e. The summed E-state index contributed by atoms with van der Waals surface area (Å²) in [7, 11) is 0. The van der Waals surface area contributed by atoms with Crippen LogP contribution in [-0.4, -0.2) is 21.6 Å². The number of hydrogen-bond donors (Lipinski definition) is 1. The van der Waals surface area contributed by atoms with Crippen molar-refractivity contribution in [3.63, 3.8) is 0 Å². The number of anilines is 1. The van der Waals surface area contributed by atoms with E-state index in [0.717, 1.165) is 38.6 Å². The summed E-state index contributed by atoms with van der Waals surface area (Å²) >= 11 is 0. The van der Waals surface area contributed by atoms with E-state index in [-0.39, 0.29) is 11.5 Å². The van der Waals surface area contributed by atoms with E-state index in [1.165, 1.54) is 30.2 Å². The molecule has 0 aliphatic rings. The Bertz CT molecular complexity index is 1460. The van der Waals surface area contributed by atoms with Crippen molar-refractivity contribution in [2.75, 3.05) is 5.01 Å². The van der Waals surface area contributed by atoms with Crippen LogP contribution in [0.1, 0.15) is 50.7 Å². The molecule has 0 saturated carbocycles. The normalized spacial score (nSPS) is 11.2. The van der Waals surface area contributed by atoms with Gasteiger partial charge in [-0.2, -0.15) is 14.1 Å². The third-order valence-electron chi connectivity index (χ3n) is 6.43. The van der Waals surface area contributed by atoms with Gasteiger partial charge in [-0.25, -0.2) is 4.79 Å². The van der Waals surface area contributed by atoms with Crippen LogP contribution in [-0.2, 0) is 4.79 Å². The highest BCUT2D eigenvalue weighted by Crippen LogP contribution is 2.28. The molecule has 0 spiro atoms. The van der Waals surface area contributed by atoms with Crippen LogP contribution in [0.4, 0.5) is 11.6 Å². The molecule has 0 bridgehead atoms. The average molecular weight is 511 g/mol. The minimum absolute atomic E-state index is 0.122. The first-order valence-electron chi connectivity index (χ1n) is 12.3. The second-order valence-corrected chi connectivity index (χ2v) is 9.71. The lowest BCUT2D eigenvalue weighted by Crippen LogP contribution is -2.32. The fraction of sp³-hybridized carbons (Fsp3) is 0.233. The molecule has 0 radical (unpaired) electrons. The van der Waals surface area contributed by atoms with Gasteiger partial charge in [0.25, 0.3) is 0 Å². The van der Waals surface area contributed by atoms with Crippen molar-refractivity contribution in [2.24, 2.45) is 10.3 Å². The van der Waals surface area contributed by atoms with E-state index < -0.39 is 5.97 Å². The summed E-state index contributed by atoms with van der Waals surface area (Å²) in [5.41, 5.74) is 9.22. The molecule has 3 aromatic carbocycles. The van der Waals surface area contributed by atoms with Crippen LogP contribution in [0, 0.1) is 41.5 Å². The molecule has 4 rings (SSSR count). The van der Waals surface area contributed by atoms with Crippen molar-refractivity contribution in [3.8, 4) is 11.4 Å². The number of aromatic carboxylic acids is 1. The topological polar surface area (TPSA) is 91.1 Å². The summed E-state index contributed by atoms with van der Waals surface area (Å²) in [6.07, 6.45) is 3.91. The van der Waals surface area contributed by atoms with Crippen LogP contribution in [0.3, 0.4) is 0 Å². The van der Waals surface area contributed by atoms with Crippen LogP contribution < -0.4 is 9.58 Å². The fourth-order valence-electron chi connectivity index (χ4n) is 5.06. The van der Waals surface area contributed by atoms with Gasteiger partial charge in [0.05, 0.1) is 16.4 Å². The van der Waals surface area contributed by atoms with E-state index >= 15 is 0 Å². The van der Waals surface area contributed by atoms with Crippen LogP contribution in [0.5, 0.6) is 0 Å². The number of amides is 1. The van der Waals surface area contributed by atoms with Crippen LogP contribution in [0.2, 0.25) is 0 Å². The number of carboxylic acid groups (broad SMARTS) is 1. The molecule has 8 heteroatoms. The van der Waals surface area contributed by atoms with Gasteiger partial charge in [-0.05, 0) is 88.1 Å². The van der Waals surface area contributed by atoms with Crippen LogP contribution in [0.25, 0.3) is 11.4 Å². The van der Waals surface area contributed by atoms with Crippen LogP contribution >= 0.6 is 0 Å². The molecule has 0 aliphatic carbocycles. The summed E-state index contributed by atoms with van der Waals surface area (Å²) < 4.78 is 3.97. The van der Waals surface area contributed by atoms with Gasteiger partial charge < -0.3 is 5.11 Å². The van der Waals surface area contributed by atoms with E-state index in [9.17, 15) is 14.7 Å². The Balaban J connectivity index is 1.92.